The fourth-order valence-electron chi connectivity index (χ4n) is 4.69. The van der Waals surface area contributed by atoms with Gasteiger partial charge in [0.2, 0.25) is 11.8 Å². The molecule has 3 aromatic rings. The molecule has 0 spiro atoms. The van der Waals surface area contributed by atoms with Crippen LogP contribution in [0, 0.1) is 5.92 Å². The molecule has 0 radical (unpaired) electrons. The van der Waals surface area contributed by atoms with E-state index in [1.807, 2.05) is 23.1 Å². The molecule has 2 atom stereocenters. The van der Waals surface area contributed by atoms with Crippen molar-refractivity contribution in [2.24, 2.45) is 5.92 Å². The molecular formula is C21H21ClF3N5O. The Hall–Kier alpha value is -2.39. The van der Waals surface area contributed by atoms with Gasteiger partial charge in [-0.3, -0.25) is 0 Å². The van der Waals surface area contributed by atoms with Crippen LogP contribution in [0.5, 0.6) is 0 Å². The van der Waals surface area contributed by atoms with Gasteiger partial charge in [-0.15, -0.1) is 0 Å². The predicted octanol–water partition coefficient (Wildman–Crippen LogP) is 4.95. The largest absolute Gasteiger partial charge is 0.451 e. The van der Waals surface area contributed by atoms with Crippen LogP contribution in [0.2, 0.25) is 5.02 Å². The van der Waals surface area contributed by atoms with Crippen molar-refractivity contribution in [2.75, 3.05) is 24.7 Å². The molecule has 2 aliphatic heterocycles. The van der Waals surface area contributed by atoms with E-state index in [0.29, 0.717) is 30.5 Å². The van der Waals surface area contributed by atoms with Crippen LogP contribution in [0.1, 0.15) is 42.4 Å². The average molecular weight is 452 g/mol. The number of benzene rings is 1. The van der Waals surface area contributed by atoms with E-state index >= 15 is 0 Å². The normalized spacial score (nSPS) is 22.0. The summed E-state index contributed by atoms with van der Waals surface area (Å²) in [4.78, 5) is 16.5. The van der Waals surface area contributed by atoms with Crippen molar-refractivity contribution in [3.8, 4) is 0 Å². The standard InChI is InChI=1S/C21H21ClF3N5O/c22-13-3-4-16-15(9-13)14-5-6-30(20-27-11-26-19(29-20)21(23,24)25)17(18(14)28-16)8-12-2-1-7-31-10-12/h3-4,9,11-12,17,28H,1-2,5-8,10H2/t12-,17+/m1/s1. The minimum absolute atomic E-state index is 0.0476. The molecule has 10 heteroatoms. The number of H-pyrrole nitrogens is 1. The van der Waals surface area contributed by atoms with Gasteiger partial charge in [0, 0.05) is 41.4 Å². The van der Waals surface area contributed by atoms with E-state index in [4.69, 9.17) is 16.3 Å². The number of hydrogen-bond acceptors (Lipinski definition) is 5. The molecule has 2 aliphatic rings. The molecule has 0 saturated carbocycles. The Morgan fingerprint density at radius 3 is 2.90 bits per heavy atom. The fraction of sp³-hybridized carbons (Fsp3) is 0.476. The van der Waals surface area contributed by atoms with E-state index < -0.39 is 12.0 Å². The summed E-state index contributed by atoms with van der Waals surface area (Å²) in [7, 11) is 0. The van der Waals surface area contributed by atoms with Gasteiger partial charge in [-0.2, -0.15) is 18.2 Å². The van der Waals surface area contributed by atoms with Crippen molar-refractivity contribution in [3.63, 3.8) is 0 Å². The molecule has 0 unspecified atom stereocenters. The van der Waals surface area contributed by atoms with Crippen molar-refractivity contribution in [2.45, 2.75) is 37.9 Å². The van der Waals surface area contributed by atoms with Crippen LogP contribution >= 0.6 is 11.6 Å². The molecule has 1 saturated heterocycles. The number of alkyl halides is 3. The average Bonchev–Trinajstić information content (AvgIpc) is 3.12. The van der Waals surface area contributed by atoms with Crippen LogP contribution in [0.25, 0.3) is 10.9 Å². The van der Waals surface area contributed by atoms with E-state index in [1.165, 1.54) is 0 Å². The van der Waals surface area contributed by atoms with Crippen molar-refractivity contribution < 1.29 is 17.9 Å². The molecule has 4 heterocycles. The number of nitrogens with zero attached hydrogens (tertiary/aromatic N) is 4. The minimum Gasteiger partial charge on any atom is -0.381 e. The van der Waals surface area contributed by atoms with Crippen LogP contribution in [0.15, 0.2) is 24.5 Å². The SMILES string of the molecule is FC(F)(F)c1ncnc(N2CCc3c([nH]c4ccc(Cl)cc34)[C@@H]2C[C@H]2CCCOC2)n1. The minimum atomic E-state index is -4.62. The van der Waals surface area contributed by atoms with Gasteiger partial charge < -0.3 is 14.6 Å². The molecule has 0 bridgehead atoms. The number of ether oxygens (including phenoxy) is 1. The summed E-state index contributed by atoms with van der Waals surface area (Å²) in [5, 5.41) is 1.71. The quantitative estimate of drug-likeness (QED) is 0.610. The first kappa shape index (κ1) is 20.5. The van der Waals surface area contributed by atoms with E-state index in [2.05, 4.69) is 19.9 Å². The number of aromatic amines is 1. The van der Waals surface area contributed by atoms with Gasteiger partial charge in [0.25, 0.3) is 0 Å². The number of halogens is 4. The number of anilines is 1. The smallest absolute Gasteiger partial charge is 0.381 e. The Labute approximate surface area is 181 Å². The van der Waals surface area contributed by atoms with E-state index in [9.17, 15) is 13.2 Å². The monoisotopic (exact) mass is 451 g/mol. The maximum absolute atomic E-state index is 13.2. The predicted molar refractivity (Wildman–Crippen MR) is 110 cm³/mol. The zero-order valence-electron chi connectivity index (χ0n) is 16.6. The van der Waals surface area contributed by atoms with E-state index in [0.717, 1.165) is 54.4 Å². The van der Waals surface area contributed by atoms with Crippen molar-refractivity contribution in [1.29, 1.82) is 0 Å². The zero-order chi connectivity index (χ0) is 21.6. The lowest BCUT2D eigenvalue weighted by molar-refractivity contribution is -0.145. The van der Waals surface area contributed by atoms with Crippen molar-refractivity contribution in [1.82, 2.24) is 19.9 Å². The maximum atomic E-state index is 13.2. The summed E-state index contributed by atoms with van der Waals surface area (Å²) in [6.07, 6.45) is -0.288. The lowest BCUT2D eigenvalue weighted by atomic mass is 9.88. The molecule has 0 aliphatic carbocycles. The maximum Gasteiger partial charge on any atom is 0.451 e. The van der Waals surface area contributed by atoms with Gasteiger partial charge in [-0.1, -0.05) is 11.6 Å². The van der Waals surface area contributed by atoms with Crippen LogP contribution in [0.3, 0.4) is 0 Å². The highest BCUT2D eigenvalue weighted by molar-refractivity contribution is 6.31. The molecule has 1 aromatic carbocycles. The lowest BCUT2D eigenvalue weighted by Crippen LogP contribution is -2.39. The van der Waals surface area contributed by atoms with Crippen LogP contribution in [-0.4, -0.2) is 39.7 Å². The number of aromatic nitrogens is 4. The molecule has 31 heavy (non-hydrogen) atoms. The summed E-state index contributed by atoms with van der Waals surface area (Å²) in [5.41, 5.74) is 3.11. The number of hydrogen-bond donors (Lipinski definition) is 1. The topological polar surface area (TPSA) is 66.9 Å². The van der Waals surface area contributed by atoms with E-state index in [1.54, 1.807) is 0 Å². The van der Waals surface area contributed by atoms with Gasteiger partial charge in [-0.25, -0.2) is 9.97 Å². The third-order valence-corrected chi connectivity index (χ3v) is 6.33. The molecule has 1 fully saturated rings. The first-order chi connectivity index (χ1) is 14.9. The number of nitrogens with one attached hydrogen (secondary N) is 1. The number of rotatable bonds is 3. The van der Waals surface area contributed by atoms with Crippen molar-refractivity contribution >= 4 is 28.5 Å². The second-order valence-corrected chi connectivity index (χ2v) is 8.53. The first-order valence-corrected chi connectivity index (χ1v) is 10.7. The summed E-state index contributed by atoms with van der Waals surface area (Å²) < 4.78 is 45.3. The Morgan fingerprint density at radius 1 is 1.26 bits per heavy atom. The summed E-state index contributed by atoms with van der Waals surface area (Å²) >= 11 is 6.22. The Balaban J connectivity index is 1.57. The fourth-order valence-corrected chi connectivity index (χ4v) is 4.87. The third-order valence-electron chi connectivity index (χ3n) is 6.09. The second-order valence-electron chi connectivity index (χ2n) is 8.09. The molecule has 2 aromatic heterocycles. The highest BCUT2D eigenvalue weighted by Crippen LogP contribution is 2.41. The Kier molecular flexibility index (Phi) is 5.26. The van der Waals surface area contributed by atoms with Gasteiger partial charge in [0.1, 0.15) is 6.33 Å². The van der Waals surface area contributed by atoms with Gasteiger partial charge in [0.05, 0.1) is 6.04 Å². The highest BCUT2D eigenvalue weighted by atomic mass is 35.5. The Morgan fingerprint density at radius 2 is 2.13 bits per heavy atom. The summed E-state index contributed by atoms with van der Waals surface area (Å²) in [6.45, 7) is 1.91. The molecule has 0 amide bonds. The second kappa shape index (κ2) is 7.94. The zero-order valence-corrected chi connectivity index (χ0v) is 17.4. The van der Waals surface area contributed by atoms with Crippen molar-refractivity contribution in [3.05, 3.63) is 46.6 Å². The summed E-state index contributed by atoms with van der Waals surface area (Å²) in [6, 6.07) is 5.51. The van der Waals surface area contributed by atoms with Gasteiger partial charge in [-0.05, 0) is 55.4 Å². The lowest BCUT2D eigenvalue weighted by Gasteiger charge is -2.38. The third kappa shape index (κ3) is 3.96. The first-order valence-electron chi connectivity index (χ1n) is 10.3. The van der Waals surface area contributed by atoms with Gasteiger partial charge >= 0.3 is 6.18 Å². The van der Waals surface area contributed by atoms with Crippen LogP contribution in [-0.2, 0) is 17.3 Å². The summed E-state index contributed by atoms with van der Waals surface area (Å²) in [5.74, 6) is -0.816. The molecule has 164 valence electrons. The van der Waals surface area contributed by atoms with Crippen LogP contribution < -0.4 is 4.90 Å². The van der Waals surface area contributed by atoms with Gasteiger partial charge in [0.15, 0.2) is 0 Å². The highest BCUT2D eigenvalue weighted by Gasteiger charge is 2.38. The van der Waals surface area contributed by atoms with Crippen LogP contribution in [0.4, 0.5) is 19.1 Å². The molecule has 6 nitrogen and oxygen atoms in total. The molecule has 1 N–H and O–H groups in total. The molecular weight excluding hydrogens is 431 g/mol. The number of fused-ring (bicyclic) bond motifs is 3. The van der Waals surface area contributed by atoms with E-state index in [-0.39, 0.29) is 12.0 Å². The Bertz CT molecular complexity index is 1100. The molecule has 5 rings (SSSR count).